The Morgan fingerprint density at radius 3 is 2.58 bits per heavy atom. The first-order chi connectivity index (χ1) is 17.5. The number of carbonyl (C=O) groups is 2. The summed E-state index contributed by atoms with van der Waals surface area (Å²) in [6.07, 6.45) is 3.82. The van der Waals surface area contributed by atoms with Gasteiger partial charge in [-0.15, -0.1) is 0 Å². The van der Waals surface area contributed by atoms with Gasteiger partial charge >= 0.3 is 5.97 Å². The molecule has 2 heterocycles. The number of unbranched alkanes of at least 4 members (excludes halogenated alkanes) is 1. The Kier molecular flexibility index (Phi) is 8.05. The van der Waals surface area contributed by atoms with Gasteiger partial charge in [-0.25, -0.2) is 0 Å². The number of carboxylic acids is 1. The second-order valence-electron chi connectivity index (χ2n) is 8.84. The first-order valence-corrected chi connectivity index (χ1v) is 12.1. The summed E-state index contributed by atoms with van der Waals surface area (Å²) in [5, 5.41) is 12.4. The fourth-order valence-corrected chi connectivity index (χ4v) is 4.37. The van der Waals surface area contributed by atoms with E-state index < -0.39 is 24.0 Å². The van der Waals surface area contributed by atoms with Crippen LogP contribution in [0.3, 0.4) is 0 Å². The number of rotatable bonds is 11. The smallest absolute Gasteiger partial charge is 0.305 e. The van der Waals surface area contributed by atoms with Gasteiger partial charge in [0, 0.05) is 18.2 Å². The van der Waals surface area contributed by atoms with Crippen LogP contribution in [0.25, 0.3) is 0 Å². The van der Waals surface area contributed by atoms with E-state index in [2.05, 4.69) is 5.32 Å². The van der Waals surface area contributed by atoms with Crippen LogP contribution in [0.5, 0.6) is 11.5 Å². The molecule has 2 aromatic carbocycles. The molecule has 0 spiro atoms. The van der Waals surface area contributed by atoms with Crippen LogP contribution in [0.1, 0.15) is 61.4 Å². The van der Waals surface area contributed by atoms with E-state index in [0.29, 0.717) is 35.5 Å². The summed E-state index contributed by atoms with van der Waals surface area (Å²) in [7, 11) is 0. The molecule has 1 aromatic heterocycles. The van der Waals surface area contributed by atoms with Crippen LogP contribution in [0.4, 0.5) is 0 Å². The zero-order chi connectivity index (χ0) is 25.5. The van der Waals surface area contributed by atoms with Gasteiger partial charge in [-0.2, -0.15) is 0 Å². The number of carboxylic acid groups (broad SMARTS) is 1. The van der Waals surface area contributed by atoms with Crippen molar-refractivity contribution in [3.63, 3.8) is 0 Å². The number of carbonyl (C=O) groups excluding carboxylic acids is 1. The molecule has 1 aliphatic rings. The summed E-state index contributed by atoms with van der Waals surface area (Å²) in [5.74, 6) is -0.373. The molecule has 4 rings (SSSR count). The minimum atomic E-state index is -1.05. The predicted octanol–water partition coefficient (Wildman–Crippen LogP) is 4.23. The number of hydrogen-bond donors (Lipinski definition) is 2. The lowest BCUT2D eigenvalue weighted by molar-refractivity contribution is -0.138. The van der Waals surface area contributed by atoms with Crippen molar-refractivity contribution >= 4 is 11.9 Å². The molecule has 0 bridgehead atoms. The molecule has 0 radical (unpaired) electrons. The van der Waals surface area contributed by atoms with Crippen molar-refractivity contribution in [1.29, 1.82) is 0 Å². The largest absolute Gasteiger partial charge is 0.481 e. The molecule has 2 N–H and O–H groups in total. The molecule has 8 nitrogen and oxygen atoms in total. The fraction of sp³-hybridized carbons (Fsp3) is 0.321. The SMILES string of the molecule is CCCC[C@@H](C(=O)N[C@@H](CC(=O)O)c1ccc2c(c1)OCO2)n1cccc(Cc2ccccc2)c1=O. The molecule has 2 atom stereocenters. The van der Waals surface area contributed by atoms with Gasteiger partial charge in [0.2, 0.25) is 12.7 Å². The molecule has 36 heavy (non-hydrogen) atoms. The average molecular weight is 491 g/mol. The number of aromatic nitrogens is 1. The molecule has 0 fully saturated rings. The second kappa shape index (κ2) is 11.6. The maximum Gasteiger partial charge on any atom is 0.305 e. The van der Waals surface area contributed by atoms with Crippen molar-refractivity contribution in [1.82, 2.24) is 9.88 Å². The lowest BCUT2D eigenvalue weighted by Crippen LogP contribution is -2.40. The molecule has 3 aromatic rings. The highest BCUT2D eigenvalue weighted by Crippen LogP contribution is 2.35. The number of benzene rings is 2. The van der Waals surface area contributed by atoms with Crippen LogP contribution in [-0.4, -0.2) is 28.3 Å². The van der Waals surface area contributed by atoms with Crippen molar-refractivity contribution in [2.24, 2.45) is 0 Å². The zero-order valence-electron chi connectivity index (χ0n) is 20.2. The van der Waals surface area contributed by atoms with Crippen molar-refractivity contribution in [2.45, 2.75) is 51.1 Å². The number of nitrogens with one attached hydrogen (secondary N) is 1. The minimum absolute atomic E-state index is 0.0933. The van der Waals surface area contributed by atoms with E-state index in [1.165, 1.54) is 4.57 Å². The molecule has 8 heteroatoms. The van der Waals surface area contributed by atoms with Gasteiger partial charge < -0.3 is 24.5 Å². The third-order valence-corrected chi connectivity index (χ3v) is 6.25. The van der Waals surface area contributed by atoms with Crippen LogP contribution in [0.2, 0.25) is 0 Å². The summed E-state index contributed by atoms with van der Waals surface area (Å²) in [5.41, 5.74) is 1.96. The van der Waals surface area contributed by atoms with Crippen molar-refractivity contribution < 1.29 is 24.2 Å². The van der Waals surface area contributed by atoms with Gasteiger partial charge in [0.1, 0.15) is 6.04 Å². The van der Waals surface area contributed by atoms with E-state index in [9.17, 15) is 19.5 Å². The first kappa shape index (κ1) is 25.0. The number of pyridine rings is 1. The highest BCUT2D eigenvalue weighted by Gasteiger charge is 2.27. The standard InChI is InChI=1S/C28H30N2O6/c1-2-3-11-23(30-14-7-10-21(28(30)34)15-19-8-5-4-6-9-19)27(33)29-22(17-26(31)32)20-12-13-24-25(16-20)36-18-35-24/h4-10,12-14,16,22-23H,2-3,11,15,17-18H2,1H3,(H,29,33)(H,31,32)/t22-,23-/m0/s1. The van der Waals surface area contributed by atoms with Gasteiger partial charge in [0.05, 0.1) is 12.5 Å². The van der Waals surface area contributed by atoms with E-state index in [0.717, 1.165) is 18.4 Å². The molecule has 0 aliphatic carbocycles. The molecular formula is C28H30N2O6. The lowest BCUT2D eigenvalue weighted by atomic mass is 10.0. The Hall–Kier alpha value is -4.07. The third kappa shape index (κ3) is 5.94. The van der Waals surface area contributed by atoms with Crippen LogP contribution >= 0.6 is 0 Å². The maximum atomic E-state index is 13.6. The van der Waals surface area contributed by atoms with Gasteiger partial charge in [0.15, 0.2) is 11.5 Å². The predicted molar refractivity (Wildman–Crippen MR) is 134 cm³/mol. The highest BCUT2D eigenvalue weighted by molar-refractivity contribution is 5.81. The number of amides is 1. The summed E-state index contributed by atoms with van der Waals surface area (Å²) in [6.45, 7) is 2.11. The fourth-order valence-electron chi connectivity index (χ4n) is 4.37. The minimum Gasteiger partial charge on any atom is -0.481 e. The topological polar surface area (TPSA) is 107 Å². The van der Waals surface area contributed by atoms with Crippen LogP contribution in [0, 0.1) is 0 Å². The molecule has 1 amide bonds. The lowest BCUT2D eigenvalue weighted by Gasteiger charge is -2.24. The first-order valence-electron chi connectivity index (χ1n) is 12.1. The van der Waals surface area contributed by atoms with Crippen molar-refractivity contribution in [3.05, 3.63) is 93.9 Å². The number of ether oxygens (including phenoxy) is 2. The molecule has 188 valence electrons. The van der Waals surface area contributed by atoms with Gasteiger partial charge in [-0.3, -0.25) is 14.4 Å². The molecule has 1 aliphatic heterocycles. The highest BCUT2D eigenvalue weighted by atomic mass is 16.7. The van der Waals surface area contributed by atoms with Gasteiger partial charge in [-0.1, -0.05) is 62.2 Å². The maximum absolute atomic E-state index is 13.6. The Morgan fingerprint density at radius 1 is 1.06 bits per heavy atom. The van der Waals surface area contributed by atoms with Crippen molar-refractivity contribution in [2.75, 3.05) is 6.79 Å². The molecule has 0 saturated heterocycles. The molecule has 0 saturated carbocycles. The third-order valence-electron chi connectivity index (χ3n) is 6.25. The van der Waals surface area contributed by atoms with E-state index in [1.807, 2.05) is 37.3 Å². The van der Waals surface area contributed by atoms with Crippen LogP contribution in [-0.2, 0) is 16.0 Å². The van der Waals surface area contributed by atoms with Gasteiger partial charge in [0.25, 0.3) is 5.56 Å². The Balaban J connectivity index is 1.61. The number of fused-ring (bicyclic) bond motifs is 1. The quantitative estimate of drug-likeness (QED) is 0.417. The normalized spacial score (nSPS) is 13.7. The van der Waals surface area contributed by atoms with Crippen LogP contribution < -0.4 is 20.3 Å². The second-order valence-corrected chi connectivity index (χ2v) is 8.84. The van der Waals surface area contributed by atoms with E-state index in [4.69, 9.17) is 9.47 Å². The van der Waals surface area contributed by atoms with E-state index in [-0.39, 0.29) is 18.8 Å². The summed E-state index contributed by atoms with van der Waals surface area (Å²) in [4.78, 5) is 38.6. The van der Waals surface area contributed by atoms with Crippen LogP contribution in [0.15, 0.2) is 71.7 Å². The van der Waals surface area contributed by atoms with E-state index >= 15 is 0 Å². The molecule has 0 unspecified atom stereocenters. The zero-order valence-corrected chi connectivity index (χ0v) is 20.2. The summed E-state index contributed by atoms with van der Waals surface area (Å²) in [6, 6.07) is 16.8. The Morgan fingerprint density at radius 2 is 1.83 bits per heavy atom. The Labute approximate surface area is 209 Å². The summed E-state index contributed by atoms with van der Waals surface area (Å²) < 4.78 is 12.2. The number of hydrogen-bond acceptors (Lipinski definition) is 5. The molecular weight excluding hydrogens is 460 g/mol. The monoisotopic (exact) mass is 490 g/mol. The van der Waals surface area contributed by atoms with E-state index in [1.54, 1.807) is 36.5 Å². The van der Waals surface area contributed by atoms with Crippen molar-refractivity contribution in [3.8, 4) is 11.5 Å². The Bertz CT molecular complexity index is 1270. The summed E-state index contributed by atoms with van der Waals surface area (Å²) >= 11 is 0. The number of aliphatic carboxylic acids is 1. The van der Waals surface area contributed by atoms with Gasteiger partial charge in [-0.05, 0) is 35.7 Å². The number of nitrogens with zero attached hydrogens (tertiary/aromatic N) is 1. The average Bonchev–Trinajstić information content (AvgIpc) is 3.34.